The zero-order valence-corrected chi connectivity index (χ0v) is 14.1. The highest BCUT2D eigenvalue weighted by molar-refractivity contribution is 5.85. The maximum atomic E-state index is 12.6. The van der Waals surface area contributed by atoms with Gasteiger partial charge in [-0.05, 0) is 43.7 Å². The maximum absolute atomic E-state index is 12.6. The van der Waals surface area contributed by atoms with Crippen molar-refractivity contribution in [3.8, 4) is 0 Å². The second-order valence-electron chi connectivity index (χ2n) is 5.87. The van der Waals surface area contributed by atoms with Gasteiger partial charge in [0.15, 0.2) is 0 Å². The monoisotopic (exact) mass is 327 g/mol. The van der Waals surface area contributed by atoms with Gasteiger partial charge in [0.1, 0.15) is 0 Å². The summed E-state index contributed by atoms with van der Waals surface area (Å²) in [4.78, 5) is 26.9. The number of rotatable bonds is 5. The first kappa shape index (κ1) is 18.7. The summed E-state index contributed by atoms with van der Waals surface area (Å²) in [6.07, 6.45) is 4.19. The van der Waals surface area contributed by atoms with Crippen molar-refractivity contribution in [1.29, 1.82) is 0 Å². The fourth-order valence-electron chi connectivity index (χ4n) is 3.11. The molecule has 0 bridgehead atoms. The van der Waals surface area contributed by atoms with Crippen LogP contribution in [0.25, 0.3) is 0 Å². The zero-order valence-electron chi connectivity index (χ0n) is 13.3. The van der Waals surface area contributed by atoms with E-state index >= 15 is 0 Å². The van der Waals surface area contributed by atoms with Crippen LogP contribution in [0, 0.1) is 5.41 Å². The van der Waals surface area contributed by atoms with Gasteiger partial charge in [-0.2, -0.15) is 0 Å². The molecule has 0 aromatic carbocycles. The van der Waals surface area contributed by atoms with Gasteiger partial charge in [-0.3, -0.25) is 9.59 Å². The minimum atomic E-state index is -0.486. The molecule has 5 nitrogen and oxygen atoms in total. The van der Waals surface area contributed by atoms with Crippen molar-refractivity contribution >= 4 is 18.3 Å². The Hall–Kier alpha value is -1.33. The summed E-state index contributed by atoms with van der Waals surface area (Å²) >= 11 is 0. The van der Waals surface area contributed by atoms with E-state index in [4.69, 9.17) is 5.73 Å². The first-order valence-electron chi connectivity index (χ1n) is 7.79. The Balaban J connectivity index is 0.00000242. The normalized spacial score (nSPS) is 17.3. The third-order valence-electron chi connectivity index (χ3n) is 4.86. The SMILES string of the molecule is CCC(CC)(CN)C(=O)NC1CCCc2[nH]c(=O)ccc21.Cl. The van der Waals surface area contributed by atoms with E-state index in [1.54, 1.807) is 0 Å². The topological polar surface area (TPSA) is 88.0 Å². The minimum absolute atomic E-state index is 0. The van der Waals surface area contributed by atoms with Crippen molar-refractivity contribution in [3.05, 3.63) is 33.7 Å². The smallest absolute Gasteiger partial charge is 0.248 e. The summed E-state index contributed by atoms with van der Waals surface area (Å²) in [5.41, 5.74) is 7.25. The molecule has 1 amide bonds. The Morgan fingerprint density at radius 1 is 1.41 bits per heavy atom. The molecule has 0 spiro atoms. The lowest BCUT2D eigenvalue weighted by Crippen LogP contribution is -2.47. The average Bonchev–Trinajstić information content (AvgIpc) is 2.49. The van der Waals surface area contributed by atoms with Crippen LogP contribution >= 0.6 is 12.4 Å². The minimum Gasteiger partial charge on any atom is -0.349 e. The molecule has 1 aliphatic rings. The molecule has 4 N–H and O–H groups in total. The summed E-state index contributed by atoms with van der Waals surface area (Å²) in [5, 5.41) is 3.15. The number of carbonyl (C=O) groups is 1. The molecular formula is C16H26ClN3O2. The van der Waals surface area contributed by atoms with E-state index < -0.39 is 5.41 Å². The van der Waals surface area contributed by atoms with Crippen LogP contribution in [0.5, 0.6) is 0 Å². The standard InChI is InChI=1S/C16H25N3O2.ClH/c1-3-16(4-2,10-17)15(21)19-13-7-5-6-12-11(13)8-9-14(20)18-12;/h8-9,13H,3-7,10,17H2,1-2H3,(H,18,20)(H,19,21);1H. The molecule has 0 saturated heterocycles. The lowest BCUT2D eigenvalue weighted by atomic mass is 9.80. The van der Waals surface area contributed by atoms with Crippen LogP contribution in [0.15, 0.2) is 16.9 Å². The van der Waals surface area contributed by atoms with Crippen molar-refractivity contribution in [2.75, 3.05) is 6.54 Å². The number of H-pyrrole nitrogens is 1. The predicted molar refractivity (Wildman–Crippen MR) is 90.2 cm³/mol. The number of hydrogen-bond donors (Lipinski definition) is 3. The third-order valence-corrected chi connectivity index (χ3v) is 4.86. The Labute approximate surface area is 137 Å². The number of aryl methyl sites for hydroxylation is 1. The van der Waals surface area contributed by atoms with Crippen molar-refractivity contribution in [1.82, 2.24) is 10.3 Å². The van der Waals surface area contributed by atoms with Gasteiger partial charge in [-0.25, -0.2) is 0 Å². The van der Waals surface area contributed by atoms with Gasteiger partial charge >= 0.3 is 0 Å². The quantitative estimate of drug-likeness (QED) is 0.773. The molecule has 1 unspecified atom stereocenters. The van der Waals surface area contributed by atoms with E-state index in [2.05, 4.69) is 10.3 Å². The van der Waals surface area contributed by atoms with Crippen LogP contribution in [-0.4, -0.2) is 17.4 Å². The molecule has 0 saturated carbocycles. The van der Waals surface area contributed by atoms with Gasteiger partial charge in [-0.15, -0.1) is 12.4 Å². The number of nitrogens with two attached hydrogens (primary N) is 1. The Morgan fingerprint density at radius 2 is 2.09 bits per heavy atom. The lowest BCUT2D eigenvalue weighted by molar-refractivity contribution is -0.132. The molecule has 0 fully saturated rings. The van der Waals surface area contributed by atoms with Crippen molar-refractivity contribution in [2.24, 2.45) is 11.1 Å². The molecule has 124 valence electrons. The highest BCUT2D eigenvalue weighted by atomic mass is 35.5. The van der Waals surface area contributed by atoms with Crippen LogP contribution in [0.4, 0.5) is 0 Å². The van der Waals surface area contributed by atoms with Crippen LogP contribution in [0.3, 0.4) is 0 Å². The molecule has 1 heterocycles. The summed E-state index contributed by atoms with van der Waals surface area (Å²) in [6.45, 7) is 4.36. The van der Waals surface area contributed by atoms with E-state index in [9.17, 15) is 9.59 Å². The van der Waals surface area contributed by atoms with E-state index in [-0.39, 0.29) is 29.9 Å². The fraction of sp³-hybridized carbons (Fsp3) is 0.625. The Kier molecular flexibility index (Phi) is 6.63. The number of carbonyl (C=O) groups excluding carboxylic acids is 1. The summed E-state index contributed by atoms with van der Waals surface area (Å²) in [5.74, 6) is 0.0269. The first-order chi connectivity index (χ1) is 10.1. The van der Waals surface area contributed by atoms with Gasteiger partial charge in [-0.1, -0.05) is 13.8 Å². The lowest BCUT2D eigenvalue weighted by Gasteiger charge is -2.33. The maximum Gasteiger partial charge on any atom is 0.248 e. The number of fused-ring (bicyclic) bond motifs is 1. The fourth-order valence-corrected chi connectivity index (χ4v) is 3.11. The Morgan fingerprint density at radius 3 is 2.68 bits per heavy atom. The molecule has 1 atom stereocenters. The van der Waals surface area contributed by atoms with Gasteiger partial charge in [0.25, 0.3) is 0 Å². The number of halogens is 1. The van der Waals surface area contributed by atoms with E-state index in [0.29, 0.717) is 6.54 Å². The predicted octanol–water partition coefficient (Wildman–Crippen LogP) is 2.06. The van der Waals surface area contributed by atoms with E-state index in [1.165, 1.54) is 6.07 Å². The second-order valence-corrected chi connectivity index (χ2v) is 5.87. The zero-order chi connectivity index (χ0) is 15.5. The molecule has 6 heteroatoms. The number of nitrogens with one attached hydrogen (secondary N) is 2. The number of amides is 1. The number of aromatic nitrogens is 1. The van der Waals surface area contributed by atoms with Crippen LogP contribution in [-0.2, 0) is 11.2 Å². The number of pyridine rings is 1. The summed E-state index contributed by atoms with van der Waals surface area (Å²) in [6, 6.07) is 3.33. The molecule has 22 heavy (non-hydrogen) atoms. The van der Waals surface area contributed by atoms with Gasteiger partial charge in [0.2, 0.25) is 11.5 Å². The summed E-state index contributed by atoms with van der Waals surface area (Å²) in [7, 11) is 0. The van der Waals surface area contributed by atoms with Crippen molar-refractivity contribution in [3.63, 3.8) is 0 Å². The highest BCUT2D eigenvalue weighted by Crippen LogP contribution is 2.31. The van der Waals surface area contributed by atoms with Crippen molar-refractivity contribution < 1.29 is 4.79 Å². The van der Waals surface area contributed by atoms with Crippen LogP contribution in [0.2, 0.25) is 0 Å². The van der Waals surface area contributed by atoms with Gasteiger partial charge < -0.3 is 16.0 Å². The van der Waals surface area contributed by atoms with Gasteiger partial charge in [0.05, 0.1) is 11.5 Å². The molecule has 2 rings (SSSR count). The largest absolute Gasteiger partial charge is 0.349 e. The molecule has 0 radical (unpaired) electrons. The molecule has 1 aromatic rings. The highest BCUT2D eigenvalue weighted by Gasteiger charge is 2.35. The summed E-state index contributed by atoms with van der Waals surface area (Å²) < 4.78 is 0. The van der Waals surface area contributed by atoms with Crippen LogP contribution < -0.4 is 16.6 Å². The number of aromatic amines is 1. The number of hydrogen-bond acceptors (Lipinski definition) is 3. The van der Waals surface area contributed by atoms with Gasteiger partial charge in [0, 0.05) is 18.3 Å². The van der Waals surface area contributed by atoms with Crippen molar-refractivity contribution in [2.45, 2.75) is 52.0 Å². The second kappa shape index (κ2) is 7.79. The van der Waals surface area contributed by atoms with Crippen LogP contribution in [0.1, 0.15) is 56.8 Å². The molecule has 1 aliphatic carbocycles. The van der Waals surface area contributed by atoms with E-state index in [1.807, 2.05) is 19.9 Å². The molecule has 0 aliphatic heterocycles. The molecular weight excluding hydrogens is 302 g/mol. The van der Waals surface area contributed by atoms with E-state index in [0.717, 1.165) is 43.4 Å². The molecule has 1 aromatic heterocycles. The third kappa shape index (κ3) is 3.52. The first-order valence-corrected chi connectivity index (χ1v) is 7.79. The average molecular weight is 328 g/mol. The Bertz CT molecular complexity index is 558.